The average molecular weight is 234 g/mol. The van der Waals surface area contributed by atoms with Crippen molar-refractivity contribution in [1.82, 2.24) is 9.88 Å². The first kappa shape index (κ1) is 11.7. The lowest BCUT2D eigenvalue weighted by molar-refractivity contribution is 0.0435. The van der Waals surface area contributed by atoms with Crippen molar-refractivity contribution in [2.75, 3.05) is 6.61 Å². The number of nitrogens with zero attached hydrogens (tertiary/aromatic N) is 2. The molecular weight excluding hydrogens is 220 g/mol. The number of carbonyl (C=O) groups excluding carboxylic acids is 2. The molecule has 0 saturated heterocycles. The van der Waals surface area contributed by atoms with E-state index < -0.39 is 5.54 Å². The molecular formula is C12H14N2O3. The molecule has 0 aliphatic carbocycles. The molecule has 1 aromatic heterocycles. The predicted octanol–water partition coefficient (Wildman–Crippen LogP) is 0.839. The van der Waals surface area contributed by atoms with Crippen LogP contribution in [-0.2, 0) is 0 Å². The van der Waals surface area contributed by atoms with Gasteiger partial charge in [-0.05, 0) is 32.4 Å². The molecule has 1 aliphatic rings. The Morgan fingerprint density at radius 1 is 1.35 bits per heavy atom. The van der Waals surface area contributed by atoms with Gasteiger partial charge in [-0.3, -0.25) is 19.5 Å². The standard InChI is InChI=1S/C12H14N2O3/c1-12(2,5-7-15)14-10(16)8-4-3-6-13-9(8)11(14)17/h3-4,6,15H,5,7H2,1-2H3. The van der Waals surface area contributed by atoms with Gasteiger partial charge in [0, 0.05) is 18.3 Å². The first-order valence-corrected chi connectivity index (χ1v) is 5.44. The Morgan fingerprint density at radius 3 is 2.65 bits per heavy atom. The third kappa shape index (κ3) is 1.72. The summed E-state index contributed by atoms with van der Waals surface area (Å²) in [5.41, 5.74) is -0.170. The maximum absolute atomic E-state index is 12.1. The summed E-state index contributed by atoms with van der Waals surface area (Å²) >= 11 is 0. The number of aliphatic hydroxyl groups excluding tert-OH is 1. The molecule has 5 nitrogen and oxygen atoms in total. The van der Waals surface area contributed by atoms with Crippen molar-refractivity contribution in [1.29, 1.82) is 0 Å². The van der Waals surface area contributed by atoms with E-state index in [1.165, 1.54) is 11.1 Å². The summed E-state index contributed by atoms with van der Waals surface area (Å²) in [6.45, 7) is 3.43. The van der Waals surface area contributed by atoms with Gasteiger partial charge in [-0.15, -0.1) is 0 Å². The summed E-state index contributed by atoms with van der Waals surface area (Å²) < 4.78 is 0. The number of carbonyl (C=O) groups is 2. The lowest BCUT2D eigenvalue weighted by Gasteiger charge is -2.33. The van der Waals surface area contributed by atoms with Gasteiger partial charge in [-0.25, -0.2) is 0 Å². The number of amides is 2. The summed E-state index contributed by atoms with van der Waals surface area (Å²) in [5.74, 6) is -0.722. The minimum absolute atomic E-state index is 0.0756. The Bertz CT molecular complexity index is 447. The summed E-state index contributed by atoms with van der Waals surface area (Å²) in [7, 11) is 0. The molecule has 5 heteroatoms. The van der Waals surface area contributed by atoms with Crippen molar-refractivity contribution in [2.24, 2.45) is 0 Å². The summed E-state index contributed by atoms with van der Waals surface area (Å²) in [6.07, 6.45) is 1.84. The number of imide groups is 1. The SMILES string of the molecule is CC(C)(CCO)N1C(=O)c2cccnc2C1=O. The molecule has 0 radical (unpaired) electrons. The molecule has 0 spiro atoms. The normalized spacial score (nSPS) is 15.4. The molecule has 2 rings (SSSR count). The van der Waals surface area contributed by atoms with Crippen LogP contribution in [0.1, 0.15) is 41.1 Å². The first-order chi connectivity index (χ1) is 7.99. The number of hydrogen-bond acceptors (Lipinski definition) is 4. The molecule has 0 aromatic carbocycles. The second-order valence-electron chi connectivity index (χ2n) is 4.63. The topological polar surface area (TPSA) is 70.5 Å². The van der Waals surface area contributed by atoms with Crippen LogP contribution in [0.15, 0.2) is 18.3 Å². The van der Waals surface area contributed by atoms with Crippen LogP contribution in [0.5, 0.6) is 0 Å². The van der Waals surface area contributed by atoms with Gasteiger partial charge < -0.3 is 5.11 Å². The Kier molecular flexibility index (Phi) is 2.71. The lowest BCUT2D eigenvalue weighted by Crippen LogP contribution is -2.48. The van der Waals surface area contributed by atoms with Crippen LogP contribution in [0.4, 0.5) is 0 Å². The predicted molar refractivity (Wildman–Crippen MR) is 60.5 cm³/mol. The highest BCUT2D eigenvalue weighted by atomic mass is 16.3. The molecule has 1 aliphatic heterocycles. The van der Waals surface area contributed by atoms with E-state index in [0.29, 0.717) is 12.0 Å². The smallest absolute Gasteiger partial charge is 0.280 e. The van der Waals surface area contributed by atoms with Crippen LogP contribution in [0.25, 0.3) is 0 Å². The van der Waals surface area contributed by atoms with E-state index in [4.69, 9.17) is 5.11 Å². The number of aliphatic hydroxyl groups is 1. The number of fused-ring (bicyclic) bond motifs is 1. The van der Waals surface area contributed by atoms with E-state index >= 15 is 0 Å². The molecule has 1 aromatic rings. The third-order valence-corrected chi connectivity index (χ3v) is 2.98. The Labute approximate surface area is 99.1 Å². The van der Waals surface area contributed by atoms with Crippen molar-refractivity contribution < 1.29 is 14.7 Å². The van der Waals surface area contributed by atoms with Crippen LogP contribution in [0.2, 0.25) is 0 Å². The Morgan fingerprint density at radius 2 is 2.06 bits per heavy atom. The number of aromatic nitrogens is 1. The van der Waals surface area contributed by atoms with Gasteiger partial charge in [0.1, 0.15) is 5.69 Å². The molecule has 0 fully saturated rings. The molecule has 90 valence electrons. The fourth-order valence-corrected chi connectivity index (χ4v) is 2.00. The van der Waals surface area contributed by atoms with Crippen molar-refractivity contribution in [3.8, 4) is 0 Å². The van der Waals surface area contributed by atoms with Crippen molar-refractivity contribution in [3.05, 3.63) is 29.6 Å². The van der Waals surface area contributed by atoms with Gasteiger partial charge in [0.15, 0.2) is 0 Å². The van der Waals surface area contributed by atoms with Crippen LogP contribution >= 0.6 is 0 Å². The monoisotopic (exact) mass is 234 g/mol. The quantitative estimate of drug-likeness (QED) is 0.787. The van der Waals surface area contributed by atoms with E-state index in [0.717, 1.165) is 0 Å². The van der Waals surface area contributed by atoms with Crippen LogP contribution in [-0.4, -0.2) is 39.0 Å². The van der Waals surface area contributed by atoms with Gasteiger partial charge >= 0.3 is 0 Å². The van der Waals surface area contributed by atoms with Crippen LogP contribution in [0.3, 0.4) is 0 Å². The van der Waals surface area contributed by atoms with E-state index in [-0.39, 0.29) is 24.1 Å². The van der Waals surface area contributed by atoms with Crippen molar-refractivity contribution in [2.45, 2.75) is 25.8 Å². The van der Waals surface area contributed by atoms with Gasteiger partial charge in [-0.2, -0.15) is 0 Å². The maximum atomic E-state index is 12.1. The molecule has 0 atom stereocenters. The van der Waals surface area contributed by atoms with Crippen LogP contribution < -0.4 is 0 Å². The minimum atomic E-state index is -0.705. The Hall–Kier alpha value is -1.75. The van der Waals surface area contributed by atoms with E-state index in [1.807, 2.05) is 0 Å². The second kappa shape index (κ2) is 3.92. The fraction of sp³-hybridized carbons (Fsp3) is 0.417. The lowest BCUT2D eigenvalue weighted by atomic mass is 9.99. The molecule has 0 unspecified atom stereocenters. The van der Waals surface area contributed by atoms with Gasteiger partial charge in [0.2, 0.25) is 0 Å². The van der Waals surface area contributed by atoms with Gasteiger partial charge in [0.25, 0.3) is 11.8 Å². The maximum Gasteiger partial charge on any atom is 0.280 e. The molecule has 2 heterocycles. The van der Waals surface area contributed by atoms with E-state index in [9.17, 15) is 9.59 Å². The number of pyridine rings is 1. The molecule has 0 bridgehead atoms. The minimum Gasteiger partial charge on any atom is -0.396 e. The third-order valence-electron chi connectivity index (χ3n) is 2.98. The highest BCUT2D eigenvalue weighted by Crippen LogP contribution is 2.29. The summed E-state index contributed by atoms with van der Waals surface area (Å²) in [4.78, 5) is 29.3. The highest BCUT2D eigenvalue weighted by molar-refractivity contribution is 6.20. The largest absolute Gasteiger partial charge is 0.396 e. The first-order valence-electron chi connectivity index (χ1n) is 5.44. The summed E-state index contributed by atoms with van der Waals surface area (Å²) in [6, 6.07) is 3.23. The fourth-order valence-electron chi connectivity index (χ4n) is 2.00. The average Bonchev–Trinajstić information content (AvgIpc) is 2.53. The van der Waals surface area contributed by atoms with E-state index in [2.05, 4.69) is 4.98 Å². The molecule has 0 saturated carbocycles. The number of rotatable bonds is 3. The zero-order valence-corrected chi connectivity index (χ0v) is 9.80. The van der Waals surface area contributed by atoms with Crippen molar-refractivity contribution >= 4 is 11.8 Å². The van der Waals surface area contributed by atoms with Gasteiger partial charge in [-0.1, -0.05) is 0 Å². The second-order valence-corrected chi connectivity index (χ2v) is 4.63. The highest BCUT2D eigenvalue weighted by Gasteiger charge is 2.44. The Balaban J connectivity index is 2.43. The zero-order chi connectivity index (χ0) is 12.6. The molecule has 1 N–H and O–H groups in total. The molecule has 2 amide bonds. The van der Waals surface area contributed by atoms with Gasteiger partial charge in [0.05, 0.1) is 5.56 Å². The molecule has 17 heavy (non-hydrogen) atoms. The zero-order valence-electron chi connectivity index (χ0n) is 9.80. The summed E-state index contributed by atoms with van der Waals surface area (Å²) in [5, 5.41) is 8.99. The number of hydrogen-bond donors (Lipinski definition) is 1. The van der Waals surface area contributed by atoms with Crippen molar-refractivity contribution in [3.63, 3.8) is 0 Å². The van der Waals surface area contributed by atoms with E-state index in [1.54, 1.807) is 26.0 Å². The van der Waals surface area contributed by atoms with Crippen LogP contribution in [0, 0.1) is 0 Å².